The van der Waals surface area contributed by atoms with Gasteiger partial charge in [0.15, 0.2) is 0 Å². The zero-order valence-corrected chi connectivity index (χ0v) is 10.2. The van der Waals surface area contributed by atoms with Gasteiger partial charge in [0.05, 0.1) is 12.6 Å². The van der Waals surface area contributed by atoms with Crippen LogP contribution in [0.5, 0.6) is 0 Å². The highest BCUT2D eigenvalue weighted by molar-refractivity contribution is 4.91. The summed E-state index contributed by atoms with van der Waals surface area (Å²) in [5.41, 5.74) is -0.0644. The first-order valence-electron chi connectivity index (χ1n) is 5.74. The smallest absolute Gasteiger partial charge is 0.147 e. The largest absolute Gasteiger partial charge is 0.391 e. The van der Waals surface area contributed by atoms with Crippen molar-refractivity contribution in [3.63, 3.8) is 0 Å². The van der Waals surface area contributed by atoms with Crippen LogP contribution in [0.4, 0.5) is 0 Å². The molecule has 1 aromatic rings. The fourth-order valence-corrected chi connectivity index (χ4v) is 1.79. The number of aliphatic hydroxyl groups excluding tert-OH is 1. The summed E-state index contributed by atoms with van der Waals surface area (Å²) in [7, 11) is 0. The van der Waals surface area contributed by atoms with E-state index in [1.54, 1.807) is 6.33 Å². The zero-order chi connectivity index (χ0) is 11.8. The molecule has 1 aliphatic rings. The lowest BCUT2D eigenvalue weighted by atomic mass is 9.89. The van der Waals surface area contributed by atoms with Gasteiger partial charge in [-0.3, -0.25) is 4.90 Å². The first kappa shape index (κ1) is 11.5. The summed E-state index contributed by atoms with van der Waals surface area (Å²) in [5, 5.41) is 18.0. The summed E-state index contributed by atoms with van der Waals surface area (Å²) < 4.78 is 2.07. The molecule has 0 aliphatic carbocycles. The maximum absolute atomic E-state index is 10.1. The average molecular weight is 224 g/mol. The molecule has 1 unspecified atom stereocenters. The highest BCUT2D eigenvalue weighted by atomic mass is 16.3. The first-order chi connectivity index (χ1) is 7.47. The van der Waals surface area contributed by atoms with Gasteiger partial charge >= 0.3 is 0 Å². The van der Waals surface area contributed by atoms with Crippen LogP contribution in [0.25, 0.3) is 0 Å². The predicted octanol–water partition coefficient (Wildman–Crippen LogP) is 0.501. The molecule has 0 saturated carbocycles. The normalized spacial score (nSPS) is 19.5. The summed E-state index contributed by atoms with van der Waals surface area (Å²) in [4.78, 5) is 2.24. The van der Waals surface area contributed by atoms with Crippen LogP contribution in [-0.2, 0) is 13.1 Å². The molecule has 1 N–H and O–H groups in total. The Morgan fingerprint density at radius 1 is 1.44 bits per heavy atom. The summed E-state index contributed by atoms with van der Waals surface area (Å²) in [6.07, 6.45) is 1.47. The highest BCUT2D eigenvalue weighted by Gasteiger charge is 2.26. The minimum atomic E-state index is -0.304. The molecule has 0 bridgehead atoms. The standard InChI is InChI=1S/C11H20N4O/c1-11(2,3)9(16)6-14-4-5-15-8-12-13-10(15)7-14/h8-9,16H,4-7H2,1-3H3. The number of nitrogens with zero attached hydrogens (tertiary/aromatic N) is 4. The number of aliphatic hydroxyl groups is 1. The van der Waals surface area contributed by atoms with Gasteiger partial charge in [-0.05, 0) is 5.41 Å². The van der Waals surface area contributed by atoms with Crippen LogP contribution in [0.15, 0.2) is 6.33 Å². The molecule has 0 saturated heterocycles. The third-order valence-electron chi connectivity index (χ3n) is 3.15. The van der Waals surface area contributed by atoms with Crippen molar-refractivity contribution in [2.24, 2.45) is 5.41 Å². The summed E-state index contributed by atoms with van der Waals surface area (Å²) >= 11 is 0. The van der Waals surface area contributed by atoms with Crippen molar-refractivity contribution in [3.8, 4) is 0 Å². The molecule has 90 valence electrons. The van der Waals surface area contributed by atoms with E-state index in [2.05, 4.69) is 40.4 Å². The van der Waals surface area contributed by atoms with Gasteiger partial charge in [0.2, 0.25) is 0 Å². The molecule has 5 heteroatoms. The topological polar surface area (TPSA) is 54.2 Å². The van der Waals surface area contributed by atoms with Crippen LogP contribution < -0.4 is 0 Å². The lowest BCUT2D eigenvalue weighted by Crippen LogP contribution is -2.42. The Labute approximate surface area is 96.1 Å². The molecular weight excluding hydrogens is 204 g/mol. The van der Waals surface area contributed by atoms with Crippen molar-refractivity contribution in [1.82, 2.24) is 19.7 Å². The minimum absolute atomic E-state index is 0.0644. The average Bonchev–Trinajstić information content (AvgIpc) is 2.63. The number of aromatic nitrogens is 3. The van der Waals surface area contributed by atoms with Crippen LogP contribution in [0.3, 0.4) is 0 Å². The fourth-order valence-electron chi connectivity index (χ4n) is 1.79. The van der Waals surface area contributed by atoms with Crippen molar-refractivity contribution in [3.05, 3.63) is 12.2 Å². The van der Waals surface area contributed by atoms with Gasteiger partial charge in [0.1, 0.15) is 12.2 Å². The Kier molecular flexibility index (Phi) is 2.99. The lowest BCUT2D eigenvalue weighted by molar-refractivity contribution is 0.0207. The quantitative estimate of drug-likeness (QED) is 0.795. The number of hydrogen-bond donors (Lipinski definition) is 1. The van der Waals surface area contributed by atoms with Gasteiger partial charge in [-0.1, -0.05) is 20.8 Å². The van der Waals surface area contributed by atoms with E-state index in [1.807, 2.05) is 0 Å². The Bertz CT molecular complexity index is 355. The molecule has 1 aromatic heterocycles. The SMILES string of the molecule is CC(C)(C)C(O)CN1CCn2cnnc2C1. The van der Waals surface area contributed by atoms with E-state index in [4.69, 9.17) is 0 Å². The van der Waals surface area contributed by atoms with Crippen LogP contribution in [0.2, 0.25) is 0 Å². The van der Waals surface area contributed by atoms with E-state index in [0.717, 1.165) is 25.5 Å². The van der Waals surface area contributed by atoms with E-state index in [9.17, 15) is 5.11 Å². The van der Waals surface area contributed by atoms with E-state index >= 15 is 0 Å². The van der Waals surface area contributed by atoms with Gasteiger partial charge in [-0.2, -0.15) is 0 Å². The number of hydrogen-bond acceptors (Lipinski definition) is 4. The van der Waals surface area contributed by atoms with Crippen molar-refractivity contribution in [2.75, 3.05) is 13.1 Å². The molecule has 0 amide bonds. The second-order valence-electron chi connectivity index (χ2n) is 5.56. The molecule has 0 aromatic carbocycles. The van der Waals surface area contributed by atoms with Gasteiger partial charge < -0.3 is 9.67 Å². The molecule has 0 radical (unpaired) electrons. The highest BCUT2D eigenvalue weighted by Crippen LogP contribution is 2.21. The molecule has 0 spiro atoms. The van der Waals surface area contributed by atoms with Crippen LogP contribution >= 0.6 is 0 Å². The molecule has 1 atom stereocenters. The van der Waals surface area contributed by atoms with Gasteiger partial charge in [-0.25, -0.2) is 0 Å². The van der Waals surface area contributed by atoms with Crippen molar-refractivity contribution >= 4 is 0 Å². The number of rotatable bonds is 2. The Morgan fingerprint density at radius 2 is 2.19 bits per heavy atom. The van der Waals surface area contributed by atoms with Crippen molar-refractivity contribution in [2.45, 2.75) is 40.0 Å². The molecular formula is C11H20N4O. The molecule has 1 aliphatic heterocycles. The maximum Gasteiger partial charge on any atom is 0.147 e. The van der Waals surface area contributed by atoms with Crippen LogP contribution in [0, 0.1) is 5.41 Å². The third-order valence-corrected chi connectivity index (χ3v) is 3.15. The lowest BCUT2D eigenvalue weighted by Gasteiger charge is -2.33. The summed E-state index contributed by atoms with van der Waals surface area (Å²) in [5.74, 6) is 0.993. The first-order valence-corrected chi connectivity index (χ1v) is 5.74. The van der Waals surface area contributed by atoms with Gasteiger partial charge in [0, 0.05) is 19.6 Å². The number of fused-ring (bicyclic) bond motifs is 1. The third kappa shape index (κ3) is 2.41. The van der Waals surface area contributed by atoms with E-state index in [0.29, 0.717) is 6.54 Å². The maximum atomic E-state index is 10.1. The van der Waals surface area contributed by atoms with Crippen LogP contribution in [-0.4, -0.2) is 44.0 Å². The second kappa shape index (κ2) is 4.14. The van der Waals surface area contributed by atoms with E-state index < -0.39 is 0 Å². The summed E-state index contributed by atoms with van der Waals surface area (Å²) in [6, 6.07) is 0. The van der Waals surface area contributed by atoms with Crippen LogP contribution in [0.1, 0.15) is 26.6 Å². The summed E-state index contributed by atoms with van der Waals surface area (Å²) in [6.45, 7) is 9.54. The van der Waals surface area contributed by atoms with Gasteiger partial charge in [0.25, 0.3) is 0 Å². The fraction of sp³-hybridized carbons (Fsp3) is 0.818. The Morgan fingerprint density at radius 3 is 2.88 bits per heavy atom. The molecule has 5 nitrogen and oxygen atoms in total. The second-order valence-corrected chi connectivity index (χ2v) is 5.56. The van der Waals surface area contributed by atoms with E-state index in [1.165, 1.54) is 0 Å². The number of β-amino-alcohol motifs (C(OH)–C–C–N with tert-alkyl or cyclic N) is 1. The van der Waals surface area contributed by atoms with Crippen molar-refractivity contribution < 1.29 is 5.11 Å². The Hall–Kier alpha value is -0.940. The molecule has 2 rings (SSSR count). The van der Waals surface area contributed by atoms with Crippen molar-refractivity contribution in [1.29, 1.82) is 0 Å². The predicted molar refractivity (Wildman–Crippen MR) is 60.8 cm³/mol. The molecule has 16 heavy (non-hydrogen) atoms. The molecule has 2 heterocycles. The molecule has 0 fully saturated rings. The van der Waals surface area contributed by atoms with E-state index in [-0.39, 0.29) is 11.5 Å². The Balaban J connectivity index is 1.95. The van der Waals surface area contributed by atoms with Gasteiger partial charge in [-0.15, -0.1) is 10.2 Å². The monoisotopic (exact) mass is 224 g/mol. The zero-order valence-electron chi connectivity index (χ0n) is 10.2. The minimum Gasteiger partial charge on any atom is -0.391 e.